The zero-order valence-electron chi connectivity index (χ0n) is 6.83. The van der Waals surface area contributed by atoms with Crippen LogP contribution in [0.5, 0.6) is 0 Å². The molecular weight excluding hydrogens is 160 g/mol. The van der Waals surface area contributed by atoms with Gasteiger partial charge in [0.1, 0.15) is 0 Å². The van der Waals surface area contributed by atoms with Crippen LogP contribution in [0.15, 0.2) is 12.3 Å². The van der Waals surface area contributed by atoms with E-state index in [1.807, 2.05) is 0 Å². The molecule has 1 rings (SSSR count). The minimum Gasteiger partial charge on any atom is -0.464 e. The molecule has 3 N–H and O–H groups in total. The first kappa shape index (κ1) is 9.02. The topological polar surface area (TPSA) is 70.6 Å². The molecule has 5 heteroatoms. The van der Waals surface area contributed by atoms with Crippen molar-refractivity contribution in [2.24, 2.45) is 0 Å². The standard InChI is InChI=1S/C7H12N2O3/c1-2-12-6(11)7(5-10)3-4-8-9-7/h3-4,8-10H,2,5H2,1H3. The Kier molecular flexibility index (Phi) is 2.67. The SMILES string of the molecule is CCOC(=O)C1(CO)C=CNN1. The number of rotatable bonds is 3. The van der Waals surface area contributed by atoms with Crippen molar-refractivity contribution in [1.82, 2.24) is 10.9 Å². The van der Waals surface area contributed by atoms with E-state index in [2.05, 4.69) is 10.9 Å². The van der Waals surface area contributed by atoms with Gasteiger partial charge >= 0.3 is 5.97 Å². The number of aliphatic hydroxyl groups is 1. The van der Waals surface area contributed by atoms with Crippen molar-refractivity contribution < 1.29 is 14.6 Å². The average Bonchev–Trinajstić information content (AvgIpc) is 2.54. The summed E-state index contributed by atoms with van der Waals surface area (Å²) in [6, 6.07) is 0. The molecule has 0 aromatic heterocycles. The summed E-state index contributed by atoms with van der Waals surface area (Å²) in [5.41, 5.74) is 4.13. The fourth-order valence-electron chi connectivity index (χ4n) is 0.932. The van der Waals surface area contributed by atoms with Crippen molar-refractivity contribution in [2.45, 2.75) is 12.5 Å². The van der Waals surface area contributed by atoms with E-state index in [-0.39, 0.29) is 6.61 Å². The summed E-state index contributed by atoms with van der Waals surface area (Å²) in [6.07, 6.45) is 3.08. The molecule has 0 fully saturated rings. The van der Waals surface area contributed by atoms with Crippen LogP contribution in [0.4, 0.5) is 0 Å². The van der Waals surface area contributed by atoms with Gasteiger partial charge in [-0.25, -0.2) is 10.2 Å². The first-order chi connectivity index (χ1) is 5.75. The third kappa shape index (κ3) is 1.41. The maximum Gasteiger partial charge on any atom is 0.334 e. The summed E-state index contributed by atoms with van der Waals surface area (Å²) in [6.45, 7) is 1.69. The molecule has 1 aliphatic rings. The Labute approximate surface area is 70.4 Å². The lowest BCUT2D eigenvalue weighted by molar-refractivity contribution is -0.150. The summed E-state index contributed by atoms with van der Waals surface area (Å²) in [5.74, 6) is -0.478. The van der Waals surface area contributed by atoms with Crippen LogP contribution in [0.3, 0.4) is 0 Å². The van der Waals surface area contributed by atoms with Crippen LogP contribution in [-0.2, 0) is 9.53 Å². The molecule has 0 saturated carbocycles. The summed E-state index contributed by atoms with van der Waals surface area (Å²) in [7, 11) is 0. The molecule has 68 valence electrons. The maximum absolute atomic E-state index is 11.3. The third-order valence-corrected chi connectivity index (χ3v) is 1.64. The highest BCUT2D eigenvalue weighted by Crippen LogP contribution is 2.11. The molecule has 0 aliphatic carbocycles. The molecule has 0 aromatic carbocycles. The Morgan fingerprint density at radius 1 is 1.75 bits per heavy atom. The van der Waals surface area contributed by atoms with Gasteiger partial charge in [0.05, 0.1) is 13.2 Å². The summed E-state index contributed by atoms with van der Waals surface area (Å²) < 4.78 is 4.77. The number of esters is 1. The van der Waals surface area contributed by atoms with Gasteiger partial charge in [-0.2, -0.15) is 0 Å². The second-order valence-corrected chi connectivity index (χ2v) is 2.45. The van der Waals surface area contributed by atoms with Crippen LogP contribution in [0.2, 0.25) is 0 Å². The third-order valence-electron chi connectivity index (χ3n) is 1.64. The number of hydrogen-bond acceptors (Lipinski definition) is 5. The lowest BCUT2D eigenvalue weighted by Gasteiger charge is -2.21. The van der Waals surface area contributed by atoms with Crippen molar-refractivity contribution in [3.63, 3.8) is 0 Å². The van der Waals surface area contributed by atoms with Crippen LogP contribution < -0.4 is 10.9 Å². The predicted octanol–water partition coefficient (Wildman–Crippen LogP) is -1.10. The van der Waals surface area contributed by atoms with Crippen LogP contribution in [0, 0.1) is 0 Å². The molecule has 0 amide bonds. The minimum atomic E-state index is -1.10. The lowest BCUT2D eigenvalue weighted by atomic mass is 10.0. The van der Waals surface area contributed by atoms with Gasteiger partial charge < -0.3 is 15.3 Å². The van der Waals surface area contributed by atoms with Crippen molar-refractivity contribution in [1.29, 1.82) is 0 Å². The Bertz CT molecular complexity index is 205. The van der Waals surface area contributed by atoms with Gasteiger partial charge in [0.15, 0.2) is 5.54 Å². The molecule has 1 aliphatic heterocycles. The molecule has 1 heterocycles. The zero-order valence-corrected chi connectivity index (χ0v) is 6.83. The highest BCUT2D eigenvalue weighted by atomic mass is 16.5. The normalized spacial score (nSPS) is 26.8. The van der Waals surface area contributed by atoms with E-state index < -0.39 is 11.5 Å². The lowest BCUT2D eigenvalue weighted by Crippen LogP contribution is -2.54. The molecule has 1 unspecified atom stereocenters. The van der Waals surface area contributed by atoms with Crippen molar-refractivity contribution in [3.05, 3.63) is 12.3 Å². The van der Waals surface area contributed by atoms with E-state index >= 15 is 0 Å². The van der Waals surface area contributed by atoms with Crippen LogP contribution in [0.1, 0.15) is 6.92 Å². The van der Waals surface area contributed by atoms with Gasteiger partial charge in [-0.05, 0) is 13.0 Å². The van der Waals surface area contributed by atoms with E-state index in [1.165, 1.54) is 6.08 Å². The Morgan fingerprint density at radius 2 is 2.50 bits per heavy atom. The predicted molar refractivity (Wildman–Crippen MR) is 41.9 cm³/mol. The first-order valence-corrected chi connectivity index (χ1v) is 3.73. The zero-order chi connectivity index (χ0) is 9.03. The smallest absolute Gasteiger partial charge is 0.334 e. The van der Waals surface area contributed by atoms with Gasteiger partial charge in [0, 0.05) is 6.20 Å². The largest absolute Gasteiger partial charge is 0.464 e. The molecule has 0 radical (unpaired) electrons. The summed E-state index contributed by atoms with van der Waals surface area (Å²) >= 11 is 0. The van der Waals surface area contributed by atoms with Crippen LogP contribution >= 0.6 is 0 Å². The van der Waals surface area contributed by atoms with E-state index in [0.717, 1.165) is 0 Å². The molecule has 1 atom stereocenters. The van der Waals surface area contributed by atoms with Crippen LogP contribution in [0.25, 0.3) is 0 Å². The molecule has 5 nitrogen and oxygen atoms in total. The Hall–Kier alpha value is -1.07. The summed E-state index contributed by atoms with van der Waals surface area (Å²) in [5, 5.41) is 8.96. The highest BCUT2D eigenvalue weighted by Gasteiger charge is 2.39. The molecule has 0 bridgehead atoms. The highest BCUT2D eigenvalue weighted by molar-refractivity contribution is 5.84. The minimum absolute atomic E-state index is 0.302. The monoisotopic (exact) mass is 172 g/mol. The van der Waals surface area contributed by atoms with Crippen molar-refractivity contribution in [2.75, 3.05) is 13.2 Å². The molecular formula is C7H12N2O3. The maximum atomic E-state index is 11.3. The molecule has 0 spiro atoms. The number of ether oxygens (including phenoxy) is 1. The Balaban J connectivity index is 2.66. The van der Waals surface area contributed by atoms with E-state index in [9.17, 15) is 4.79 Å². The van der Waals surface area contributed by atoms with Crippen molar-refractivity contribution >= 4 is 5.97 Å². The molecule has 0 saturated heterocycles. The van der Waals surface area contributed by atoms with E-state index in [4.69, 9.17) is 9.84 Å². The van der Waals surface area contributed by atoms with E-state index in [0.29, 0.717) is 6.61 Å². The first-order valence-electron chi connectivity index (χ1n) is 3.73. The fraction of sp³-hybridized carbons (Fsp3) is 0.571. The van der Waals surface area contributed by atoms with Crippen molar-refractivity contribution in [3.8, 4) is 0 Å². The Morgan fingerprint density at radius 3 is 2.92 bits per heavy atom. The number of hydrazine groups is 1. The number of nitrogens with one attached hydrogen (secondary N) is 2. The van der Waals surface area contributed by atoms with Gasteiger partial charge in [-0.3, -0.25) is 0 Å². The fourth-order valence-corrected chi connectivity index (χ4v) is 0.932. The van der Waals surface area contributed by atoms with E-state index in [1.54, 1.807) is 13.1 Å². The number of aliphatic hydroxyl groups excluding tert-OH is 1. The number of carbonyl (C=O) groups is 1. The van der Waals surface area contributed by atoms with Gasteiger partial charge in [0.25, 0.3) is 0 Å². The average molecular weight is 172 g/mol. The second-order valence-electron chi connectivity index (χ2n) is 2.45. The number of hydrogen-bond donors (Lipinski definition) is 3. The summed E-state index contributed by atoms with van der Waals surface area (Å²) in [4.78, 5) is 11.3. The molecule has 0 aromatic rings. The van der Waals surface area contributed by atoms with Gasteiger partial charge in [-0.1, -0.05) is 0 Å². The van der Waals surface area contributed by atoms with Crippen LogP contribution in [-0.4, -0.2) is 29.8 Å². The van der Waals surface area contributed by atoms with Gasteiger partial charge in [-0.15, -0.1) is 0 Å². The quantitative estimate of drug-likeness (QED) is 0.471. The number of carbonyl (C=O) groups excluding carboxylic acids is 1. The molecule has 12 heavy (non-hydrogen) atoms. The second kappa shape index (κ2) is 3.55. The van der Waals surface area contributed by atoms with Gasteiger partial charge in [0.2, 0.25) is 0 Å².